The van der Waals surface area contributed by atoms with E-state index in [2.05, 4.69) is 0 Å². The Hall–Kier alpha value is -1.11. The molecule has 3 N–H and O–H groups in total. The lowest BCUT2D eigenvalue weighted by molar-refractivity contribution is -0.116. The first-order valence-corrected chi connectivity index (χ1v) is 5.81. The molecule has 5 nitrogen and oxygen atoms in total. The van der Waals surface area contributed by atoms with Crippen LogP contribution in [-0.4, -0.2) is 20.9 Å². The van der Waals surface area contributed by atoms with Crippen molar-refractivity contribution >= 4 is 27.5 Å². The van der Waals surface area contributed by atoms with E-state index in [0.29, 0.717) is 5.02 Å². The molecule has 1 aromatic rings. The smallest absolute Gasteiger partial charge is 0.241 e. The molecule has 0 saturated heterocycles. The van der Waals surface area contributed by atoms with Gasteiger partial charge in [0.1, 0.15) is 0 Å². The summed E-state index contributed by atoms with van der Waals surface area (Å²) in [5.74, 6) is -0.743. The first-order chi connectivity index (χ1) is 6.92. The number of rotatable bonds is 4. The number of amides is 1. The number of nitrogens with two attached hydrogens (primary N) is 1. The van der Waals surface area contributed by atoms with Crippen LogP contribution < -0.4 is 10.5 Å². The third-order valence-corrected chi connectivity index (χ3v) is 3.23. The molecule has 0 aliphatic rings. The summed E-state index contributed by atoms with van der Waals surface area (Å²) in [7, 11) is -3.68. The van der Waals surface area contributed by atoms with Crippen molar-refractivity contribution in [2.24, 2.45) is 5.73 Å². The summed E-state index contributed by atoms with van der Waals surface area (Å²) in [6.07, 6.45) is 0. The third kappa shape index (κ3) is 3.50. The summed E-state index contributed by atoms with van der Waals surface area (Å²) in [4.78, 5) is 10.4. The van der Waals surface area contributed by atoms with Gasteiger partial charge in [0.2, 0.25) is 15.9 Å². The standard InChI is InChI=1S/C8H9ClN2O3S/c9-6-1-3-7(4-2-6)15(13,14)11-5-8(10)12/h1-4,11H,5H2,(H2,10,12). The van der Waals surface area contributed by atoms with Gasteiger partial charge in [-0.1, -0.05) is 11.6 Å². The van der Waals surface area contributed by atoms with E-state index < -0.39 is 22.5 Å². The molecule has 0 unspecified atom stereocenters. The Kier molecular flexibility index (Phi) is 3.67. The highest BCUT2D eigenvalue weighted by molar-refractivity contribution is 7.89. The van der Waals surface area contributed by atoms with Crippen LogP contribution in [-0.2, 0) is 14.8 Å². The maximum absolute atomic E-state index is 11.5. The lowest BCUT2D eigenvalue weighted by Gasteiger charge is -2.04. The monoisotopic (exact) mass is 248 g/mol. The molecule has 0 bridgehead atoms. The first-order valence-electron chi connectivity index (χ1n) is 3.95. The van der Waals surface area contributed by atoms with E-state index in [1.165, 1.54) is 24.3 Å². The topological polar surface area (TPSA) is 89.3 Å². The third-order valence-electron chi connectivity index (χ3n) is 1.56. The van der Waals surface area contributed by atoms with Gasteiger partial charge >= 0.3 is 0 Å². The minimum atomic E-state index is -3.68. The fraction of sp³-hybridized carbons (Fsp3) is 0.125. The molecular weight excluding hydrogens is 240 g/mol. The van der Waals surface area contributed by atoms with Crippen LogP contribution in [0.2, 0.25) is 5.02 Å². The molecule has 1 aromatic carbocycles. The Bertz CT molecular complexity index is 455. The molecule has 7 heteroatoms. The van der Waals surface area contributed by atoms with E-state index in [1.807, 2.05) is 4.72 Å². The van der Waals surface area contributed by atoms with Crippen molar-refractivity contribution in [1.29, 1.82) is 0 Å². The van der Waals surface area contributed by atoms with Crippen LogP contribution >= 0.6 is 11.6 Å². The molecule has 0 spiro atoms. The van der Waals surface area contributed by atoms with Crippen LogP contribution in [0.5, 0.6) is 0 Å². The van der Waals surface area contributed by atoms with E-state index in [4.69, 9.17) is 17.3 Å². The van der Waals surface area contributed by atoms with Crippen molar-refractivity contribution in [2.75, 3.05) is 6.54 Å². The van der Waals surface area contributed by atoms with Crippen molar-refractivity contribution in [3.63, 3.8) is 0 Å². The minimum Gasteiger partial charge on any atom is -0.369 e. The second-order valence-electron chi connectivity index (χ2n) is 2.74. The maximum Gasteiger partial charge on any atom is 0.241 e. The van der Waals surface area contributed by atoms with Crippen molar-refractivity contribution in [3.05, 3.63) is 29.3 Å². The Balaban J connectivity index is 2.87. The predicted molar refractivity (Wildman–Crippen MR) is 55.8 cm³/mol. The molecule has 82 valence electrons. The number of halogens is 1. The average Bonchev–Trinajstić information content (AvgIpc) is 2.16. The van der Waals surface area contributed by atoms with Gasteiger partial charge in [0.25, 0.3) is 0 Å². The number of primary amides is 1. The van der Waals surface area contributed by atoms with Crippen LogP contribution in [0.25, 0.3) is 0 Å². The fourth-order valence-electron chi connectivity index (χ4n) is 0.863. The van der Waals surface area contributed by atoms with Crippen LogP contribution in [0.15, 0.2) is 29.2 Å². The normalized spacial score (nSPS) is 11.3. The van der Waals surface area contributed by atoms with E-state index in [9.17, 15) is 13.2 Å². The van der Waals surface area contributed by atoms with E-state index >= 15 is 0 Å². The lowest BCUT2D eigenvalue weighted by atomic mass is 10.4. The zero-order chi connectivity index (χ0) is 11.5. The quantitative estimate of drug-likeness (QED) is 0.792. The summed E-state index contributed by atoms with van der Waals surface area (Å²) in [5.41, 5.74) is 4.81. The molecule has 0 heterocycles. The lowest BCUT2D eigenvalue weighted by Crippen LogP contribution is -2.33. The van der Waals surface area contributed by atoms with Crippen LogP contribution in [0.3, 0.4) is 0 Å². The molecule has 1 amide bonds. The summed E-state index contributed by atoms with van der Waals surface area (Å²) in [5, 5.41) is 0.434. The highest BCUT2D eigenvalue weighted by Crippen LogP contribution is 2.13. The van der Waals surface area contributed by atoms with Gasteiger partial charge in [-0.3, -0.25) is 4.79 Å². The summed E-state index contributed by atoms with van der Waals surface area (Å²) in [6.45, 7) is -0.426. The van der Waals surface area contributed by atoms with Gasteiger partial charge in [-0.05, 0) is 24.3 Å². The number of carbonyl (C=O) groups excluding carboxylic acids is 1. The van der Waals surface area contributed by atoms with Gasteiger partial charge in [-0.2, -0.15) is 0 Å². The van der Waals surface area contributed by atoms with Gasteiger partial charge in [0, 0.05) is 5.02 Å². The summed E-state index contributed by atoms with van der Waals surface area (Å²) in [6, 6.07) is 5.57. The Labute approximate surface area is 92.3 Å². The Morgan fingerprint density at radius 3 is 2.33 bits per heavy atom. The summed E-state index contributed by atoms with van der Waals surface area (Å²) >= 11 is 5.60. The predicted octanol–water partition coefficient (Wildman–Crippen LogP) is 0.104. The van der Waals surface area contributed by atoms with Crippen molar-refractivity contribution in [2.45, 2.75) is 4.90 Å². The van der Waals surface area contributed by atoms with Crippen LogP contribution in [0.1, 0.15) is 0 Å². The average molecular weight is 249 g/mol. The first kappa shape index (κ1) is 12.0. The van der Waals surface area contributed by atoms with Crippen LogP contribution in [0.4, 0.5) is 0 Å². The van der Waals surface area contributed by atoms with E-state index in [0.717, 1.165) is 0 Å². The highest BCUT2D eigenvalue weighted by Gasteiger charge is 2.13. The molecule has 15 heavy (non-hydrogen) atoms. The van der Waals surface area contributed by atoms with Crippen LogP contribution in [0, 0.1) is 0 Å². The Morgan fingerprint density at radius 2 is 1.87 bits per heavy atom. The van der Waals surface area contributed by atoms with Gasteiger partial charge in [-0.25, -0.2) is 13.1 Å². The molecule has 0 radical (unpaired) electrons. The number of hydrogen-bond acceptors (Lipinski definition) is 3. The zero-order valence-electron chi connectivity index (χ0n) is 7.60. The molecule has 0 saturated carbocycles. The summed E-state index contributed by atoms with van der Waals surface area (Å²) < 4.78 is 25.0. The number of benzene rings is 1. The molecular formula is C8H9ClN2O3S. The van der Waals surface area contributed by atoms with E-state index in [-0.39, 0.29) is 4.90 Å². The second kappa shape index (κ2) is 4.61. The highest BCUT2D eigenvalue weighted by atomic mass is 35.5. The van der Waals surface area contributed by atoms with E-state index in [1.54, 1.807) is 0 Å². The van der Waals surface area contributed by atoms with Gasteiger partial charge in [0.15, 0.2) is 0 Å². The number of nitrogens with one attached hydrogen (secondary N) is 1. The van der Waals surface area contributed by atoms with Gasteiger partial charge < -0.3 is 5.73 Å². The number of sulfonamides is 1. The zero-order valence-corrected chi connectivity index (χ0v) is 9.18. The van der Waals surface area contributed by atoms with Gasteiger partial charge in [-0.15, -0.1) is 0 Å². The minimum absolute atomic E-state index is 0.0353. The van der Waals surface area contributed by atoms with Gasteiger partial charge in [0.05, 0.1) is 11.4 Å². The largest absolute Gasteiger partial charge is 0.369 e. The van der Waals surface area contributed by atoms with Crippen molar-refractivity contribution in [1.82, 2.24) is 4.72 Å². The number of hydrogen-bond donors (Lipinski definition) is 2. The van der Waals surface area contributed by atoms with Crippen molar-refractivity contribution < 1.29 is 13.2 Å². The molecule has 0 atom stereocenters. The molecule has 0 aliphatic carbocycles. The Morgan fingerprint density at radius 1 is 1.33 bits per heavy atom. The second-order valence-corrected chi connectivity index (χ2v) is 4.95. The molecule has 1 rings (SSSR count). The SMILES string of the molecule is NC(=O)CNS(=O)(=O)c1ccc(Cl)cc1. The fourth-order valence-corrected chi connectivity index (χ4v) is 1.98. The maximum atomic E-state index is 11.5. The van der Waals surface area contributed by atoms with Crippen molar-refractivity contribution in [3.8, 4) is 0 Å². The molecule has 0 aliphatic heterocycles. The number of carbonyl (C=O) groups is 1. The molecule has 0 fully saturated rings. The molecule has 0 aromatic heterocycles.